The van der Waals surface area contributed by atoms with Gasteiger partial charge < -0.3 is 19.9 Å². The molecule has 0 bridgehead atoms. The lowest BCUT2D eigenvalue weighted by atomic mass is 9.97. The minimum Gasteiger partial charge on any atom is -0.444 e. The predicted octanol–water partition coefficient (Wildman–Crippen LogP) is 4.62. The summed E-state index contributed by atoms with van der Waals surface area (Å²) in [5, 5.41) is 3.56. The number of likely N-dealkylation sites (tertiary alicyclic amines) is 1. The number of guanidine groups is 1. The fraction of sp³-hybridized carbons (Fsp3) is 0.583. The van der Waals surface area contributed by atoms with Gasteiger partial charge in [-0.05, 0) is 57.1 Å². The van der Waals surface area contributed by atoms with Gasteiger partial charge in [-0.25, -0.2) is 4.79 Å². The van der Waals surface area contributed by atoms with Crippen LogP contribution >= 0.6 is 24.0 Å². The normalized spacial score (nSPS) is 18.2. The Morgan fingerprint density at radius 3 is 2.35 bits per heavy atom. The lowest BCUT2D eigenvalue weighted by molar-refractivity contribution is 0.0185. The van der Waals surface area contributed by atoms with E-state index in [4.69, 9.17) is 4.74 Å². The predicted molar refractivity (Wildman–Crippen MR) is 138 cm³/mol. The average Bonchev–Trinajstić information content (AvgIpc) is 2.74. The molecule has 0 spiro atoms. The highest BCUT2D eigenvalue weighted by molar-refractivity contribution is 14.0. The second-order valence-electron chi connectivity index (χ2n) is 9.13. The highest BCUT2D eigenvalue weighted by Crippen LogP contribution is 2.22. The second kappa shape index (κ2) is 11.7. The number of nitrogens with one attached hydrogen (secondary N) is 1. The summed E-state index contributed by atoms with van der Waals surface area (Å²) in [7, 11) is 1.85. The molecule has 1 fully saturated rings. The summed E-state index contributed by atoms with van der Waals surface area (Å²) in [4.78, 5) is 20.9. The molecule has 1 saturated heterocycles. The van der Waals surface area contributed by atoms with Crippen LogP contribution in [0.15, 0.2) is 41.4 Å². The molecular weight excluding hydrogens is 503 g/mol. The Kier molecular flexibility index (Phi) is 9.65. The first-order valence-electron chi connectivity index (χ1n) is 11.0. The van der Waals surface area contributed by atoms with Gasteiger partial charge in [-0.2, -0.15) is 0 Å². The standard InChI is InChI=1S/C24H36N4O2.HI/c1-24(2,3)30-23(29)28-14-10-19(11-15-28)18-26-22(25-4)27-16-12-21(13-17-27)20-8-6-5-7-9-20;/h5-9,12,19H,10-11,13-18H2,1-4H3,(H,25,26);1H. The molecule has 7 heteroatoms. The van der Waals surface area contributed by atoms with Crippen LogP contribution in [0, 0.1) is 5.92 Å². The molecule has 1 aromatic rings. The molecule has 6 nitrogen and oxygen atoms in total. The number of carbonyl (C=O) groups excluding carboxylic acids is 1. The maximum Gasteiger partial charge on any atom is 0.410 e. The largest absolute Gasteiger partial charge is 0.444 e. The molecule has 1 amide bonds. The van der Waals surface area contributed by atoms with Crippen molar-refractivity contribution < 1.29 is 9.53 Å². The third-order valence-corrected chi connectivity index (χ3v) is 5.68. The van der Waals surface area contributed by atoms with E-state index in [0.29, 0.717) is 5.92 Å². The van der Waals surface area contributed by atoms with Crippen LogP contribution in [0.3, 0.4) is 0 Å². The van der Waals surface area contributed by atoms with Gasteiger partial charge in [0.05, 0.1) is 0 Å². The number of rotatable bonds is 3. The van der Waals surface area contributed by atoms with Gasteiger partial charge in [0.25, 0.3) is 0 Å². The zero-order valence-corrected chi connectivity index (χ0v) is 21.6. The van der Waals surface area contributed by atoms with Crippen molar-refractivity contribution in [1.29, 1.82) is 0 Å². The molecule has 1 N–H and O–H groups in total. The number of nitrogens with zero attached hydrogens (tertiary/aromatic N) is 3. The van der Waals surface area contributed by atoms with Crippen molar-refractivity contribution in [2.45, 2.75) is 45.6 Å². The van der Waals surface area contributed by atoms with E-state index in [9.17, 15) is 4.79 Å². The highest BCUT2D eigenvalue weighted by atomic mass is 127. The maximum atomic E-state index is 12.2. The van der Waals surface area contributed by atoms with Gasteiger partial charge in [-0.15, -0.1) is 24.0 Å². The van der Waals surface area contributed by atoms with Crippen molar-refractivity contribution in [3.63, 3.8) is 0 Å². The molecule has 0 saturated carbocycles. The number of ether oxygens (including phenoxy) is 1. The number of hydrogen-bond donors (Lipinski definition) is 1. The van der Waals surface area contributed by atoms with Crippen LogP contribution in [0.25, 0.3) is 5.57 Å². The second-order valence-corrected chi connectivity index (χ2v) is 9.13. The summed E-state index contributed by atoms with van der Waals surface area (Å²) in [5.41, 5.74) is 2.29. The number of hydrogen-bond acceptors (Lipinski definition) is 3. The third kappa shape index (κ3) is 7.70. The summed E-state index contributed by atoms with van der Waals surface area (Å²) < 4.78 is 5.49. The Morgan fingerprint density at radius 1 is 1.13 bits per heavy atom. The van der Waals surface area contributed by atoms with E-state index in [1.54, 1.807) is 0 Å². The van der Waals surface area contributed by atoms with Crippen LogP contribution < -0.4 is 5.32 Å². The summed E-state index contributed by atoms with van der Waals surface area (Å²) in [6, 6.07) is 10.6. The number of benzene rings is 1. The minimum atomic E-state index is -0.439. The van der Waals surface area contributed by atoms with Crippen LogP contribution in [0.5, 0.6) is 0 Å². The third-order valence-electron chi connectivity index (χ3n) is 5.68. The fourth-order valence-electron chi connectivity index (χ4n) is 3.99. The average molecular weight is 540 g/mol. The van der Waals surface area contributed by atoms with Crippen molar-refractivity contribution in [1.82, 2.24) is 15.1 Å². The number of halogens is 1. The van der Waals surface area contributed by atoms with E-state index < -0.39 is 5.60 Å². The van der Waals surface area contributed by atoms with Gasteiger partial charge in [-0.1, -0.05) is 36.4 Å². The minimum absolute atomic E-state index is 0. The summed E-state index contributed by atoms with van der Waals surface area (Å²) >= 11 is 0. The number of carbonyl (C=O) groups is 1. The van der Waals surface area contributed by atoms with Crippen LogP contribution in [0.1, 0.15) is 45.6 Å². The maximum absolute atomic E-state index is 12.2. The van der Waals surface area contributed by atoms with Crippen LogP contribution in [0.4, 0.5) is 4.79 Å². The molecule has 1 aromatic carbocycles. The fourth-order valence-corrected chi connectivity index (χ4v) is 3.99. The summed E-state index contributed by atoms with van der Waals surface area (Å²) in [6.07, 6.45) is 5.12. The van der Waals surface area contributed by atoms with E-state index >= 15 is 0 Å². The van der Waals surface area contributed by atoms with Crippen molar-refractivity contribution in [2.24, 2.45) is 10.9 Å². The summed E-state index contributed by atoms with van der Waals surface area (Å²) in [6.45, 7) is 9.97. The SMILES string of the molecule is CN=C(NCC1CCN(C(=O)OC(C)(C)C)CC1)N1CC=C(c2ccccc2)CC1.I. The van der Waals surface area contributed by atoms with E-state index in [1.807, 2.05) is 32.7 Å². The van der Waals surface area contributed by atoms with E-state index in [1.165, 1.54) is 11.1 Å². The van der Waals surface area contributed by atoms with E-state index in [0.717, 1.165) is 57.9 Å². The molecule has 2 aliphatic rings. The lowest BCUT2D eigenvalue weighted by Gasteiger charge is -2.35. The molecule has 0 aromatic heterocycles. The molecule has 3 rings (SSSR count). The van der Waals surface area contributed by atoms with Gasteiger partial charge >= 0.3 is 6.09 Å². The first-order chi connectivity index (χ1) is 14.4. The van der Waals surface area contributed by atoms with E-state index in [2.05, 4.69) is 51.6 Å². The van der Waals surface area contributed by atoms with Crippen molar-refractivity contribution in [3.05, 3.63) is 42.0 Å². The molecule has 0 aliphatic carbocycles. The summed E-state index contributed by atoms with van der Waals surface area (Å²) in [5.74, 6) is 1.51. The Labute approximate surface area is 204 Å². The molecule has 172 valence electrons. The zero-order chi connectivity index (χ0) is 21.6. The molecular formula is C24H37IN4O2. The Morgan fingerprint density at radius 2 is 1.81 bits per heavy atom. The Hall–Kier alpha value is -1.77. The molecule has 0 radical (unpaired) electrons. The zero-order valence-electron chi connectivity index (χ0n) is 19.3. The molecule has 2 heterocycles. The van der Waals surface area contributed by atoms with Gasteiger partial charge in [0.2, 0.25) is 0 Å². The molecule has 2 aliphatic heterocycles. The van der Waals surface area contributed by atoms with Crippen molar-refractivity contribution in [3.8, 4) is 0 Å². The van der Waals surface area contributed by atoms with Gasteiger partial charge in [-0.3, -0.25) is 4.99 Å². The lowest BCUT2D eigenvalue weighted by Crippen LogP contribution is -2.47. The highest BCUT2D eigenvalue weighted by Gasteiger charge is 2.27. The van der Waals surface area contributed by atoms with Crippen LogP contribution in [-0.2, 0) is 4.74 Å². The smallest absolute Gasteiger partial charge is 0.410 e. The van der Waals surface area contributed by atoms with Crippen molar-refractivity contribution in [2.75, 3.05) is 39.8 Å². The topological polar surface area (TPSA) is 57.2 Å². The monoisotopic (exact) mass is 540 g/mol. The number of amides is 1. The quantitative estimate of drug-likeness (QED) is 0.346. The first-order valence-corrected chi connectivity index (χ1v) is 11.0. The van der Waals surface area contributed by atoms with Gasteiger partial charge in [0, 0.05) is 39.8 Å². The molecule has 0 atom stereocenters. The Bertz CT molecular complexity index is 766. The number of aliphatic imine (C=N–C) groups is 1. The molecule has 0 unspecified atom stereocenters. The number of piperidine rings is 1. The first kappa shape index (κ1) is 25.5. The van der Waals surface area contributed by atoms with E-state index in [-0.39, 0.29) is 30.1 Å². The van der Waals surface area contributed by atoms with Crippen molar-refractivity contribution >= 4 is 41.6 Å². The molecule has 31 heavy (non-hydrogen) atoms. The van der Waals surface area contributed by atoms with Crippen LogP contribution in [-0.4, -0.2) is 67.2 Å². The van der Waals surface area contributed by atoms with Gasteiger partial charge in [0.15, 0.2) is 5.96 Å². The van der Waals surface area contributed by atoms with Gasteiger partial charge in [0.1, 0.15) is 5.60 Å². The Balaban J connectivity index is 0.00000341. The van der Waals surface area contributed by atoms with Crippen LogP contribution in [0.2, 0.25) is 0 Å².